The molecule has 0 aliphatic carbocycles. The van der Waals surface area contributed by atoms with E-state index in [2.05, 4.69) is 74.2 Å². The van der Waals surface area contributed by atoms with Crippen molar-refractivity contribution in [2.75, 3.05) is 0 Å². The van der Waals surface area contributed by atoms with E-state index < -0.39 is 0 Å². The molecule has 2 rings (SSSR count). The van der Waals surface area contributed by atoms with Gasteiger partial charge in [-0.3, -0.25) is 0 Å². The van der Waals surface area contributed by atoms with Gasteiger partial charge in [0.25, 0.3) is 0 Å². The molecule has 98 valence electrons. The van der Waals surface area contributed by atoms with E-state index >= 15 is 0 Å². The van der Waals surface area contributed by atoms with Crippen LogP contribution in [0.25, 0.3) is 0 Å². The number of hydrogen-bond donors (Lipinski definition) is 0. The van der Waals surface area contributed by atoms with Crippen LogP contribution < -0.4 is 0 Å². The lowest BCUT2D eigenvalue weighted by Crippen LogP contribution is -1.97. The normalized spacial score (nSPS) is 10.6. The third-order valence-electron chi connectivity index (χ3n) is 2.54. The molecule has 2 aromatic carbocycles. The topological polar surface area (TPSA) is 0 Å². The molecule has 0 nitrogen and oxygen atoms in total. The second-order valence-electron chi connectivity index (χ2n) is 4.45. The first kappa shape index (κ1) is 14.3. The maximum Gasteiger partial charge on any atom is 0.0633 e. The minimum atomic E-state index is 0.474. The fourth-order valence-corrected chi connectivity index (χ4v) is 4.52. The molecule has 0 amide bonds. The Kier molecular flexibility index (Phi) is 5.62. The van der Waals surface area contributed by atoms with E-state index in [0.29, 0.717) is 4.58 Å². The van der Waals surface area contributed by atoms with Gasteiger partial charge in [0.1, 0.15) is 0 Å². The van der Waals surface area contributed by atoms with Crippen LogP contribution in [0.4, 0.5) is 0 Å². The highest BCUT2D eigenvalue weighted by Gasteiger charge is 2.12. The van der Waals surface area contributed by atoms with E-state index in [9.17, 15) is 0 Å². The Morgan fingerprint density at radius 1 is 0.895 bits per heavy atom. The Labute approximate surface area is 124 Å². The molecule has 0 fully saturated rings. The highest BCUT2D eigenvalue weighted by atomic mass is 32.2. The van der Waals surface area contributed by atoms with Crippen molar-refractivity contribution in [1.29, 1.82) is 0 Å². The fraction of sp³-hybridized carbons (Fsp3) is 0.176. The first-order chi connectivity index (χ1) is 9.24. The average molecular weight is 286 g/mol. The van der Waals surface area contributed by atoms with Gasteiger partial charge >= 0.3 is 0 Å². The van der Waals surface area contributed by atoms with Gasteiger partial charge in [-0.15, -0.1) is 30.1 Å². The summed E-state index contributed by atoms with van der Waals surface area (Å²) in [7, 11) is 0. The molecular weight excluding hydrogens is 268 g/mol. The highest BCUT2D eigenvalue weighted by Crippen LogP contribution is 2.38. The molecule has 0 radical (unpaired) electrons. The van der Waals surface area contributed by atoms with Gasteiger partial charge in [-0.2, -0.15) is 0 Å². The molecule has 2 heteroatoms. The largest absolute Gasteiger partial charge is 0.111 e. The lowest BCUT2D eigenvalue weighted by molar-refractivity contribution is 1.07. The summed E-state index contributed by atoms with van der Waals surface area (Å²) >= 11 is 3.83. The van der Waals surface area contributed by atoms with Gasteiger partial charge in [0, 0.05) is 9.79 Å². The summed E-state index contributed by atoms with van der Waals surface area (Å²) in [5, 5.41) is 0. The first-order valence-electron chi connectivity index (χ1n) is 6.32. The Morgan fingerprint density at radius 3 is 1.68 bits per heavy atom. The zero-order chi connectivity index (χ0) is 13.5. The van der Waals surface area contributed by atoms with E-state index in [1.807, 2.05) is 23.5 Å². The highest BCUT2D eigenvalue weighted by molar-refractivity contribution is 8.17. The van der Waals surface area contributed by atoms with E-state index in [1.54, 1.807) is 0 Å². The van der Waals surface area contributed by atoms with Gasteiger partial charge in [0.15, 0.2) is 0 Å². The van der Waals surface area contributed by atoms with Gasteiger partial charge in [0.2, 0.25) is 0 Å². The van der Waals surface area contributed by atoms with Crippen LogP contribution in [0.2, 0.25) is 0 Å². The van der Waals surface area contributed by atoms with Crippen molar-refractivity contribution < 1.29 is 0 Å². The molecule has 0 heterocycles. The van der Waals surface area contributed by atoms with Crippen LogP contribution in [0.1, 0.15) is 13.3 Å². The quantitative estimate of drug-likeness (QED) is 0.370. The van der Waals surface area contributed by atoms with Crippen LogP contribution in [0.15, 0.2) is 82.6 Å². The van der Waals surface area contributed by atoms with Crippen molar-refractivity contribution in [3.63, 3.8) is 0 Å². The summed E-state index contributed by atoms with van der Waals surface area (Å²) in [6, 6.07) is 21.2. The monoisotopic (exact) mass is 286 g/mol. The molecule has 0 saturated carbocycles. The average Bonchev–Trinajstić information content (AvgIpc) is 2.40. The van der Waals surface area contributed by atoms with Crippen LogP contribution >= 0.6 is 23.5 Å². The molecule has 0 aliphatic rings. The maximum atomic E-state index is 4.05. The van der Waals surface area contributed by atoms with Crippen LogP contribution in [-0.2, 0) is 0 Å². The van der Waals surface area contributed by atoms with Crippen LogP contribution in [0.3, 0.4) is 0 Å². The summed E-state index contributed by atoms with van der Waals surface area (Å²) in [5.74, 6) is 0. The molecule has 0 bridgehead atoms. The molecule has 0 saturated heterocycles. The molecule has 0 aromatic heterocycles. The number of benzene rings is 2. The van der Waals surface area contributed by atoms with E-state index in [-0.39, 0.29) is 0 Å². The maximum absolute atomic E-state index is 4.05. The predicted molar refractivity (Wildman–Crippen MR) is 87.8 cm³/mol. The molecule has 19 heavy (non-hydrogen) atoms. The number of rotatable bonds is 6. The van der Waals surface area contributed by atoms with Gasteiger partial charge in [-0.05, 0) is 37.6 Å². The molecule has 0 atom stereocenters. The molecule has 0 aliphatic heterocycles. The second-order valence-corrected chi connectivity index (χ2v) is 7.30. The summed E-state index contributed by atoms with van der Waals surface area (Å²) in [6.45, 7) is 6.15. The standard InChI is InChI=1S/C17H18S2/c1-14(2)13-17(18-15-9-5-3-6-10-15)19-16-11-7-4-8-12-16/h3-12,17H,1,13H2,2H3. The van der Waals surface area contributed by atoms with E-state index in [4.69, 9.17) is 0 Å². The smallest absolute Gasteiger partial charge is 0.0633 e. The summed E-state index contributed by atoms with van der Waals surface area (Å²) < 4.78 is 0.474. The third kappa shape index (κ3) is 5.17. The Morgan fingerprint density at radius 2 is 1.32 bits per heavy atom. The minimum Gasteiger partial charge on any atom is -0.111 e. The van der Waals surface area contributed by atoms with E-state index in [0.717, 1.165) is 6.42 Å². The van der Waals surface area contributed by atoms with Gasteiger partial charge in [-0.1, -0.05) is 42.0 Å². The van der Waals surface area contributed by atoms with Crippen molar-refractivity contribution >= 4 is 23.5 Å². The number of hydrogen-bond acceptors (Lipinski definition) is 2. The fourth-order valence-electron chi connectivity index (χ4n) is 1.69. The molecule has 0 unspecified atom stereocenters. The van der Waals surface area contributed by atoms with Crippen molar-refractivity contribution in [3.05, 3.63) is 72.8 Å². The van der Waals surface area contributed by atoms with Crippen LogP contribution in [-0.4, -0.2) is 4.58 Å². The first-order valence-corrected chi connectivity index (χ1v) is 8.08. The summed E-state index contributed by atoms with van der Waals surface area (Å²) in [4.78, 5) is 2.63. The molecule has 0 N–H and O–H groups in total. The van der Waals surface area contributed by atoms with Crippen molar-refractivity contribution in [2.45, 2.75) is 27.7 Å². The second kappa shape index (κ2) is 7.46. The Hall–Kier alpha value is -1.12. The number of allylic oxidation sites excluding steroid dienone is 1. The number of thioether (sulfide) groups is 2. The zero-order valence-electron chi connectivity index (χ0n) is 11.1. The lowest BCUT2D eigenvalue weighted by atomic mass is 10.3. The van der Waals surface area contributed by atoms with Crippen molar-refractivity contribution in [2.24, 2.45) is 0 Å². The molecular formula is C17H18S2. The Balaban J connectivity index is 2.06. The van der Waals surface area contributed by atoms with Crippen molar-refractivity contribution in [3.8, 4) is 0 Å². The lowest BCUT2D eigenvalue weighted by Gasteiger charge is -2.16. The summed E-state index contributed by atoms with van der Waals surface area (Å²) in [5.41, 5.74) is 1.23. The Bertz CT molecular complexity index is 464. The summed E-state index contributed by atoms with van der Waals surface area (Å²) in [6.07, 6.45) is 1.03. The minimum absolute atomic E-state index is 0.474. The van der Waals surface area contributed by atoms with Gasteiger partial charge in [-0.25, -0.2) is 0 Å². The third-order valence-corrected chi connectivity index (χ3v) is 5.06. The van der Waals surface area contributed by atoms with Gasteiger partial charge < -0.3 is 0 Å². The molecule has 0 spiro atoms. The molecule has 2 aromatic rings. The van der Waals surface area contributed by atoms with E-state index in [1.165, 1.54) is 15.4 Å². The van der Waals surface area contributed by atoms with Crippen LogP contribution in [0, 0.1) is 0 Å². The van der Waals surface area contributed by atoms with Gasteiger partial charge in [0.05, 0.1) is 4.58 Å². The SMILES string of the molecule is C=C(C)CC(Sc1ccccc1)Sc1ccccc1. The predicted octanol–water partition coefficient (Wildman–Crippen LogP) is 5.86. The van der Waals surface area contributed by atoms with Crippen molar-refractivity contribution in [1.82, 2.24) is 0 Å². The zero-order valence-corrected chi connectivity index (χ0v) is 12.7. The van der Waals surface area contributed by atoms with Crippen LogP contribution in [0.5, 0.6) is 0 Å².